The molecule has 0 unspecified atom stereocenters. The third-order valence-corrected chi connectivity index (χ3v) is 4.77. The molecule has 3 rings (SSSR count). The molecule has 2 aliphatic heterocycles. The normalized spacial score (nSPS) is 22.0. The van der Waals surface area contributed by atoms with Gasteiger partial charge in [0, 0.05) is 51.5 Å². The summed E-state index contributed by atoms with van der Waals surface area (Å²) in [7, 11) is 0. The zero-order chi connectivity index (χ0) is 16.2. The van der Waals surface area contributed by atoms with E-state index in [4.69, 9.17) is 4.74 Å². The SMILES string of the molecule is O=[N+]([O-])c1cc([C@H](C2CCOCC2)N2CCNCC2)ccc1F. The highest BCUT2D eigenvalue weighted by Gasteiger charge is 2.32. The van der Waals surface area contributed by atoms with Crippen molar-refractivity contribution < 1.29 is 14.1 Å². The number of rotatable bonds is 4. The van der Waals surface area contributed by atoms with Crippen molar-refractivity contribution in [1.82, 2.24) is 10.2 Å². The number of ether oxygens (including phenoxy) is 1. The minimum absolute atomic E-state index is 0.0836. The van der Waals surface area contributed by atoms with Gasteiger partial charge in [-0.1, -0.05) is 6.07 Å². The van der Waals surface area contributed by atoms with Crippen molar-refractivity contribution in [1.29, 1.82) is 0 Å². The van der Waals surface area contributed by atoms with Crippen molar-refractivity contribution in [3.8, 4) is 0 Å². The molecule has 6 nitrogen and oxygen atoms in total. The van der Waals surface area contributed by atoms with Crippen LogP contribution in [-0.4, -0.2) is 49.2 Å². The van der Waals surface area contributed by atoms with Crippen LogP contribution in [-0.2, 0) is 4.74 Å². The third-order valence-electron chi connectivity index (χ3n) is 4.77. The number of halogens is 1. The predicted molar refractivity (Wildman–Crippen MR) is 83.8 cm³/mol. The summed E-state index contributed by atoms with van der Waals surface area (Å²) in [5.74, 6) is -0.392. The van der Waals surface area contributed by atoms with Gasteiger partial charge in [-0.05, 0) is 30.4 Å². The summed E-state index contributed by atoms with van der Waals surface area (Å²) < 4.78 is 19.1. The Bertz CT molecular complexity index is 540. The van der Waals surface area contributed by atoms with Crippen LogP contribution in [0.5, 0.6) is 0 Å². The standard InChI is InChI=1S/C16H22FN3O3/c17-14-2-1-13(11-15(14)20(21)22)16(12-3-9-23-10-4-12)19-7-5-18-6-8-19/h1-2,11-12,16,18H,3-10H2/t16-/m0/s1. The first-order chi connectivity index (χ1) is 11.2. The van der Waals surface area contributed by atoms with Crippen molar-refractivity contribution in [2.24, 2.45) is 5.92 Å². The van der Waals surface area contributed by atoms with Gasteiger partial charge in [0.05, 0.1) is 4.92 Å². The Balaban J connectivity index is 1.93. The molecule has 7 heteroatoms. The Morgan fingerprint density at radius 2 is 2.00 bits per heavy atom. The van der Waals surface area contributed by atoms with Crippen LogP contribution in [0.25, 0.3) is 0 Å². The fourth-order valence-electron chi connectivity index (χ4n) is 3.63. The van der Waals surface area contributed by atoms with E-state index in [0.29, 0.717) is 5.92 Å². The van der Waals surface area contributed by atoms with Crippen molar-refractivity contribution in [3.63, 3.8) is 0 Å². The quantitative estimate of drug-likeness (QED) is 0.679. The zero-order valence-corrected chi connectivity index (χ0v) is 13.0. The highest BCUT2D eigenvalue weighted by molar-refractivity contribution is 5.38. The molecule has 2 fully saturated rings. The van der Waals surface area contributed by atoms with Crippen LogP contribution >= 0.6 is 0 Å². The fraction of sp³-hybridized carbons (Fsp3) is 0.625. The summed E-state index contributed by atoms with van der Waals surface area (Å²) in [6.07, 6.45) is 1.86. The molecular formula is C16H22FN3O3. The van der Waals surface area contributed by atoms with E-state index in [9.17, 15) is 14.5 Å². The van der Waals surface area contributed by atoms with Crippen LogP contribution in [0.15, 0.2) is 18.2 Å². The van der Waals surface area contributed by atoms with Gasteiger partial charge in [-0.2, -0.15) is 4.39 Å². The number of nitro groups is 1. The first kappa shape index (κ1) is 16.3. The molecule has 2 heterocycles. The van der Waals surface area contributed by atoms with Crippen LogP contribution in [0.4, 0.5) is 10.1 Å². The van der Waals surface area contributed by atoms with Gasteiger partial charge in [-0.3, -0.25) is 15.0 Å². The molecule has 1 aromatic rings. The highest BCUT2D eigenvalue weighted by Crippen LogP contribution is 2.37. The molecule has 0 aromatic heterocycles. The lowest BCUT2D eigenvalue weighted by molar-refractivity contribution is -0.387. The van der Waals surface area contributed by atoms with Crippen molar-refractivity contribution in [2.75, 3.05) is 39.4 Å². The van der Waals surface area contributed by atoms with E-state index < -0.39 is 16.4 Å². The summed E-state index contributed by atoms with van der Waals surface area (Å²) in [4.78, 5) is 12.8. The zero-order valence-electron chi connectivity index (χ0n) is 13.0. The average Bonchev–Trinajstić information content (AvgIpc) is 2.58. The Morgan fingerprint density at radius 1 is 1.30 bits per heavy atom. The number of nitro benzene ring substituents is 1. The van der Waals surface area contributed by atoms with Crippen molar-refractivity contribution >= 4 is 5.69 Å². The Labute approximate surface area is 134 Å². The van der Waals surface area contributed by atoms with Gasteiger partial charge >= 0.3 is 5.69 Å². The van der Waals surface area contributed by atoms with Gasteiger partial charge in [0.25, 0.3) is 0 Å². The maximum Gasteiger partial charge on any atom is 0.305 e. The van der Waals surface area contributed by atoms with E-state index in [1.54, 1.807) is 6.07 Å². The molecule has 0 spiro atoms. The molecule has 2 aliphatic rings. The second-order valence-electron chi connectivity index (χ2n) is 6.15. The van der Waals surface area contributed by atoms with Crippen molar-refractivity contribution in [2.45, 2.75) is 18.9 Å². The molecule has 0 saturated carbocycles. The summed E-state index contributed by atoms with van der Waals surface area (Å²) in [5, 5.41) is 14.4. The molecule has 0 radical (unpaired) electrons. The number of benzene rings is 1. The second-order valence-corrected chi connectivity index (χ2v) is 6.15. The summed E-state index contributed by atoms with van der Waals surface area (Å²) >= 11 is 0. The molecular weight excluding hydrogens is 301 g/mol. The number of nitrogens with one attached hydrogen (secondary N) is 1. The van der Waals surface area contributed by atoms with Gasteiger partial charge < -0.3 is 10.1 Å². The predicted octanol–water partition coefficient (Wildman–Crippen LogP) is 2.11. The van der Waals surface area contributed by atoms with Gasteiger partial charge in [0.15, 0.2) is 0 Å². The van der Waals surface area contributed by atoms with Crippen molar-refractivity contribution in [3.05, 3.63) is 39.7 Å². The minimum atomic E-state index is -0.773. The lowest BCUT2D eigenvalue weighted by Crippen LogP contribution is -2.47. The van der Waals surface area contributed by atoms with E-state index in [1.165, 1.54) is 12.1 Å². The Hall–Kier alpha value is -1.57. The third kappa shape index (κ3) is 3.68. The second kappa shape index (κ2) is 7.33. The molecule has 1 N–H and O–H groups in total. The van der Waals surface area contributed by atoms with Crippen LogP contribution in [0.2, 0.25) is 0 Å². The first-order valence-corrected chi connectivity index (χ1v) is 8.13. The van der Waals surface area contributed by atoms with Crippen LogP contribution in [0.1, 0.15) is 24.4 Å². The lowest BCUT2D eigenvalue weighted by Gasteiger charge is -2.41. The van der Waals surface area contributed by atoms with E-state index in [-0.39, 0.29) is 6.04 Å². The Morgan fingerprint density at radius 3 is 2.65 bits per heavy atom. The largest absolute Gasteiger partial charge is 0.381 e. The maximum absolute atomic E-state index is 13.7. The fourth-order valence-corrected chi connectivity index (χ4v) is 3.63. The molecule has 1 atom stereocenters. The van der Waals surface area contributed by atoms with Gasteiger partial charge in [0.2, 0.25) is 5.82 Å². The smallest absolute Gasteiger partial charge is 0.305 e. The summed E-state index contributed by atoms with van der Waals surface area (Å²) in [6, 6.07) is 4.42. The monoisotopic (exact) mass is 323 g/mol. The number of hydrogen-bond acceptors (Lipinski definition) is 5. The number of nitrogens with zero attached hydrogens (tertiary/aromatic N) is 2. The molecule has 1 aromatic carbocycles. The maximum atomic E-state index is 13.7. The van der Waals surface area contributed by atoms with Crippen LogP contribution in [0, 0.1) is 21.8 Å². The van der Waals surface area contributed by atoms with E-state index in [0.717, 1.165) is 57.8 Å². The lowest BCUT2D eigenvalue weighted by atomic mass is 9.85. The van der Waals surface area contributed by atoms with Gasteiger partial charge in [-0.25, -0.2) is 0 Å². The van der Waals surface area contributed by atoms with E-state index >= 15 is 0 Å². The number of hydrogen-bond donors (Lipinski definition) is 1. The molecule has 126 valence electrons. The highest BCUT2D eigenvalue weighted by atomic mass is 19.1. The van der Waals surface area contributed by atoms with Gasteiger partial charge in [-0.15, -0.1) is 0 Å². The molecule has 0 bridgehead atoms. The molecule has 0 amide bonds. The van der Waals surface area contributed by atoms with E-state index in [2.05, 4.69) is 10.2 Å². The topological polar surface area (TPSA) is 67.6 Å². The summed E-state index contributed by atoms with van der Waals surface area (Å²) in [5.41, 5.74) is 0.404. The number of piperazine rings is 1. The molecule has 23 heavy (non-hydrogen) atoms. The van der Waals surface area contributed by atoms with Gasteiger partial charge in [0.1, 0.15) is 0 Å². The minimum Gasteiger partial charge on any atom is -0.381 e. The molecule has 2 saturated heterocycles. The van der Waals surface area contributed by atoms with Crippen LogP contribution < -0.4 is 5.32 Å². The summed E-state index contributed by atoms with van der Waals surface area (Å²) in [6.45, 7) is 5.04. The first-order valence-electron chi connectivity index (χ1n) is 8.13. The van der Waals surface area contributed by atoms with E-state index in [1.807, 2.05) is 0 Å². The van der Waals surface area contributed by atoms with Crippen LogP contribution in [0.3, 0.4) is 0 Å². The molecule has 0 aliphatic carbocycles. The average molecular weight is 323 g/mol. The Kier molecular flexibility index (Phi) is 5.20.